The van der Waals surface area contributed by atoms with Gasteiger partial charge in [0.2, 0.25) is 0 Å². The Morgan fingerprint density at radius 2 is 2.00 bits per heavy atom. The van der Waals surface area contributed by atoms with Gasteiger partial charge in [0.1, 0.15) is 4.90 Å². The van der Waals surface area contributed by atoms with Crippen LogP contribution in [0.25, 0.3) is 0 Å². The molecule has 1 aromatic carbocycles. The minimum Gasteiger partial charge on any atom is -0.258 e. The number of nitriles is 1. The third kappa shape index (κ3) is 2.90. The number of hydrogen-bond acceptors (Lipinski definition) is 5. The second-order valence-corrected chi connectivity index (χ2v) is 7.60. The van der Waals surface area contributed by atoms with E-state index in [0.29, 0.717) is 12.8 Å². The van der Waals surface area contributed by atoms with Gasteiger partial charge in [0.05, 0.1) is 22.2 Å². The summed E-state index contributed by atoms with van der Waals surface area (Å²) < 4.78 is 25.5. The number of para-hydroxylation sites is 1. The van der Waals surface area contributed by atoms with Crippen LogP contribution in [0.1, 0.15) is 26.2 Å². The lowest BCUT2D eigenvalue weighted by atomic mass is 9.83. The molecule has 3 unspecified atom stereocenters. The molecule has 1 saturated carbocycles. The number of nitrogens with zero attached hydrogens (tertiary/aromatic N) is 2. The Bertz CT molecular complexity index is 693. The van der Waals surface area contributed by atoms with Crippen LogP contribution in [0, 0.1) is 33.3 Å². The van der Waals surface area contributed by atoms with Gasteiger partial charge in [-0.25, -0.2) is 8.42 Å². The van der Waals surface area contributed by atoms with E-state index < -0.39 is 31.6 Å². The Hall–Kier alpha value is -1.94. The number of rotatable bonds is 3. The average Bonchev–Trinajstić information content (AvgIpc) is 2.47. The summed E-state index contributed by atoms with van der Waals surface area (Å²) in [7, 11) is -3.90. The van der Waals surface area contributed by atoms with Crippen LogP contribution in [0.2, 0.25) is 0 Å². The van der Waals surface area contributed by atoms with Crippen LogP contribution in [0.3, 0.4) is 0 Å². The van der Waals surface area contributed by atoms with Crippen molar-refractivity contribution >= 4 is 15.5 Å². The van der Waals surface area contributed by atoms with Crippen LogP contribution >= 0.6 is 0 Å². The monoisotopic (exact) mass is 308 g/mol. The van der Waals surface area contributed by atoms with Crippen LogP contribution in [0.5, 0.6) is 0 Å². The molecule has 21 heavy (non-hydrogen) atoms. The van der Waals surface area contributed by atoms with Crippen LogP contribution in [-0.4, -0.2) is 18.6 Å². The zero-order valence-corrected chi connectivity index (χ0v) is 12.4. The Balaban J connectivity index is 2.51. The maximum Gasteiger partial charge on any atom is 0.287 e. The number of nitro groups is 1. The van der Waals surface area contributed by atoms with E-state index in [0.717, 1.165) is 6.42 Å². The SMILES string of the molecule is CC1CCC(C#N)C(S(=O)(=O)c2ccccc2[N+](=O)[O-])C1. The van der Waals surface area contributed by atoms with Crippen LogP contribution in [0.4, 0.5) is 5.69 Å². The third-order valence-electron chi connectivity index (χ3n) is 3.99. The summed E-state index contributed by atoms with van der Waals surface area (Å²) in [6.45, 7) is 1.94. The minimum absolute atomic E-state index is 0.192. The Morgan fingerprint density at radius 3 is 2.62 bits per heavy atom. The molecular formula is C14H16N2O4S. The zero-order valence-electron chi connectivity index (χ0n) is 11.6. The molecule has 1 aromatic rings. The molecule has 0 saturated heterocycles. The van der Waals surface area contributed by atoms with Gasteiger partial charge in [-0.3, -0.25) is 10.1 Å². The molecule has 0 radical (unpaired) electrons. The van der Waals surface area contributed by atoms with Crippen LogP contribution < -0.4 is 0 Å². The molecule has 1 aliphatic carbocycles. The van der Waals surface area contributed by atoms with Crippen molar-refractivity contribution in [2.45, 2.75) is 36.3 Å². The predicted octanol–water partition coefficient (Wildman–Crippen LogP) is 2.70. The Labute approximate surface area is 123 Å². The van der Waals surface area contributed by atoms with Crippen molar-refractivity contribution in [1.29, 1.82) is 5.26 Å². The number of hydrogen-bond donors (Lipinski definition) is 0. The first-order valence-electron chi connectivity index (χ1n) is 6.75. The van der Waals surface area contributed by atoms with Crippen LogP contribution in [0.15, 0.2) is 29.2 Å². The second kappa shape index (κ2) is 5.82. The number of nitro benzene ring substituents is 1. The molecule has 1 aliphatic rings. The fourth-order valence-corrected chi connectivity index (χ4v) is 5.07. The van der Waals surface area contributed by atoms with E-state index in [-0.39, 0.29) is 10.8 Å². The highest BCUT2D eigenvalue weighted by Gasteiger charge is 2.41. The van der Waals surface area contributed by atoms with Crippen molar-refractivity contribution in [2.24, 2.45) is 11.8 Å². The summed E-state index contributed by atoms with van der Waals surface area (Å²) in [5.41, 5.74) is -0.424. The molecule has 7 heteroatoms. The average molecular weight is 308 g/mol. The van der Waals surface area contributed by atoms with E-state index in [1.54, 1.807) is 0 Å². The quantitative estimate of drug-likeness (QED) is 0.631. The fourth-order valence-electron chi connectivity index (χ4n) is 2.83. The van der Waals surface area contributed by atoms with Gasteiger partial charge in [-0.05, 0) is 31.2 Å². The molecule has 6 nitrogen and oxygen atoms in total. The number of sulfone groups is 1. The van der Waals surface area contributed by atoms with E-state index in [2.05, 4.69) is 6.07 Å². The summed E-state index contributed by atoms with van der Waals surface area (Å²) in [6, 6.07) is 7.38. The zero-order chi connectivity index (χ0) is 15.6. The maximum atomic E-state index is 12.8. The molecule has 0 heterocycles. The van der Waals surface area contributed by atoms with Gasteiger partial charge >= 0.3 is 0 Å². The molecule has 112 valence electrons. The van der Waals surface area contributed by atoms with Crippen LogP contribution in [-0.2, 0) is 9.84 Å². The first-order valence-corrected chi connectivity index (χ1v) is 8.29. The minimum atomic E-state index is -3.90. The van der Waals surface area contributed by atoms with Crippen molar-refractivity contribution in [2.75, 3.05) is 0 Å². The molecule has 0 bridgehead atoms. The Morgan fingerprint density at radius 1 is 1.33 bits per heavy atom. The lowest BCUT2D eigenvalue weighted by Crippen LogP contribution is -2.35. The Kier molecular flexibility index (Phi) is 4.28. The molecule has 0 N–H and O–H groups in total. The van der Waals surface area contributed by atoms with Gasteiger partial charge in [-0.2, -0.15) is 5.26 Å². The fraction of sp³-hybridized carbons (Fsp3) is 0.500. The largest absolute Gasteiger partial charge is 0.287 e. The lowest BCUT2D eigenvalue weighted by Gasteiger charge is -2.30. The van der Waals surface area contributed by atoms with E-state index >= 15 is 0 Å². The van der Waals surface area contributed by atoms with E-state index in [9.17, 15) is 23.8 Å². The van der Waals surface area contributed by atoms with Gasteiger partial charge < -0.3 is 0 Å². The first kappa shape index (κ1) is 15.4. The molecule has 0 spiro atoms. The van der Waals surface area contributed by atoms with Gasteiger partial charge in [0.25, 0.3) is 5.69 Å². The lowest BCUT2D eigenvalue weighted by molar-refractivity contribution is -0.387. The van der Waals surface area contributed by atoms with Crippen molar-refractivity contribution < 1.29 is 13.3 Å². The first-order chi connectivity index (χ1) is 9.87. The highest BCUT2D eigenvalue weighted by Crippen LogP contribution is 2.38. The molecule has 1 fully saturated rings. The number of benzene rings is 1. The van der Waals surface area contributed by atoms with Crippen molar-refractivity contribution in [3.63, 3.8) is 0 Å². The van der Waals surface area contributed by atoms with Crippen molar-refractivity contribution in [3.05, 3.63) is 34.4 Å². The molecule has 2 rings (SSSR count). The predicted molar refractivity (Wildman–Crippen MR) is 76.2 cm³/mol. The summed E-state index contributed by atoms with van der Waals surface area (Å²) in [5, 5.41) is 19.4. The summed E-state index contributed by atoms with van der Waals surface area (Å²) >= 11 is 0. The van der Waals surface area contributed by atoms with E-state index in [1.807, 2.05) is 6.92 Å². The topological polar surface area (TPSA) is 101 Å². The molecule has 3 atom stereocenters. The van der Waals surface area contributed by atoms with Gasteiger partial charge in [0.15, 0.2) is 9.84 Å². The molecule has 0 aromatic heterocycles. The smallest absolute Gasteiger partial charge is 0.258 e. The highest BCUT2D eigenvalue weighted by molar-refractivity contribution is 7.92. The highest BCUT2D eigenvalue weighted by atomic mass is 32.2. The standard InChI is InChI=1S/C14H16N2O4S/c1-10-6-7-11(9-15)14(8-10)21(19,20)13-5-3-2-4-12(13)16(17)18/h2-5,10-11,14H,6-8H2,1H3. The normalized spacial score (nSPS) is 26.0. The summed E-state index contributed by atoms with van der Waals surface area (Å²) in [5.74, 6) is -0.414. The third-order valence-corrected chi connectivity index (χ3v) is 6.26. The molecule has 0 amide bonds. The van der Waals surface area contributed by atoms with Gasteiger partial charge in [0, 0.05) is 6.07 Å². The summed E-state index contributed by atoms with van der Waals surface area (Å²) in [6.07, 6.45) is 1.69. The maximum absolute atomic E-state index is 12.8. The van der Waals surface area contributed by atoms with Gasteiger partial charge in [-0.15, -0.1) is 0 Å². The summed E-state index contributed by atoms with van der Waals surface area (Å²) in [4.78, 5) is 10.1. The van der Waals surface area contributed by atoms with E-state index in [1.165, 1.54) is 24.3 Å². The van der Waals surface area contributed by atoms with Crippen molar-refractivity contribution in [3.8, 4) is 6.07 Å². The molecular weight excluding hydrogens is 292 g/mol. The van der Waals surface area contributed by atoms with E-state index in [4.69, 9.17) is 0 Å². The van der Waals surface area contributed by atoms with Crippen molar-refractivity contribution in [1.82, 2.24) is 0 Å². The molecule has 0 aliphatic heterocycles. The van der Waals surface area contributed by atoms with Gasteiger partial charge in [-0.1, -0.05) is 19.1 Å². The second-order valence-electron chi connectivity index (χ2n) is 5.46.